The molecule has 132 valence electrons. The van der Waals surface area contributed by atoms with Crippen LogP contribution in [0.15, 0.2) is 24.3 Å². The highest BCUT2D eigenvalue weighted by Crippen LogP contribution is 2.20. The zero-order valence-corrected chi connectivity index (χ0v) is 14.6. The predicted molar refractivity (Wildman–Crippen MR) is 92.5 cm³/mol. The van der Waals surface area contributed by atoms with Gasteiger partial charge in [0.25, 0.3) is 10.2 Å². The van der Waals surface area contributed by atoms with E-state index in [-0.39, 0.29) is 18.5 Å². The zero-order valence-electron chi connectivity index (χ0n) is 13.8. The van der Waals surface area contributed by atoms with E-state index in [1.807, 2.05) is 24.3 Å². The largest absolute Gasteiger partial charge is 0.352 e. The van der Waals surface area contributed by atoms with Gasteiger partial charge in [-0.25, -0.2) is 0 Å². The fourth-order valence-electron chi connectivity index (χ4n) is 3.45. The van der Waals surface area contributed by atoms with Gasteiger partial charge in [0, 0.05) is 19.1 Å². The number of carbonyl (C=O) groups excluding carboxylic acids is 1. The quantitative estimate of drug-likeness (QED) is 0.840. The maximum atomic E-state index is 12.4. The van der Waals surface area contributed by atoms with Crippen LogP contribution in [0.1, 0.15) is 43.2 Å². The lowest BCUT2D eigenvalue weighted by Crippen LogP contribution is -2.48. The van der Waals surface area contributed by atoms with Crippen molar-refractivity contribution in [2.24, 2.45) is 0 Å². The zero-order chi connectivity index (χ0) is 17.0. The minimum absolute atomic E-state index is 0.192. The van der Waals surface area contributed by atoms with Gasteiger partial charge in [0.05, 0.1) is 6.54 Å². The number of amides is 1. The first kappa shape index (κ1) is 17.4. The van der Waals surface area contributed by atoms with Crippen LogP contribution < -0.4 is 10.0 Å². The van der Waals surface area contributed by atoms with E-state index in [9.17, 15) is 13.2 Å². The molecule has 3 rings (SSSR count). The molecule has 6 nitrogen and oxygen atoms in total. The Bertz CT molecular complexity index is 684. The molecule has 0 unspecified atom stereocenters. The molecule has 0 bridgehead atoms. The lowest BCUT2D eigenvalue weighted by Gasteiger charge is -2.28. The lowest BCUT2D eigenvalue weighted by atomic mass is 9.95. The molecule has 0 radical (unpaired) electrons. The fourth-order valence-corrected chi connectivity index (χ4v) is 4.59. The van der Waals surface area contributed by atoms with Crippen molar-refractivity contribution in [3.8, 4) is 0 Å². The monoisotopic (exact) mass is 351 g/mol. The molecular weight excluding hydrogens is 326 g/mol. The Morgan fingerprint density at radius 3 is 2.58 bits per heavy atom. The first-order valence-corrected chi connectivity index (χ1v) is 10.1. The summed E-state index contributed by atoms with van der Waals surface area (Å²) in [6.45, 7) is 0.601. The van der Waals surface area contributed by atoms with Crippen LogP contribution in [-0.4, -0.2) is 37.8 Å². The number of hydrogen-bond donors (Lipinski definition) is 2. The Hall–Kier alpha value is -1.44. The molecule has 2 N–H and O–H groups in total. The van der Waals surface area contributed by atoms with Crippen LogP contribution in [-0.2, 0) is 28.0 Å². The second-order valence-electron chi connectivity index (χ2n) is 6.58. The fraction of sp³-hybridized carbons (Fsp3) is 0.588. The first-order chi connectivity index (χ1) is 11.5. The highest BCUT2D eigenvalue weighted by Gasteiger charge is 2.27. The highest BCUT2D eigenvalue weighted by atomic mass is 32.2. The Kier molecular flexibility index (Phi) is 5.53. The van der Waals surface area contributed by atoms with Crippen molar-refractivity contribution in [3.05, 3.63) is 35.4 Å². The number of fused-ring (bicyclic) bond motifs is 1. The maximum absolute atomic E-state index is 12.4. The SMILES string of the molecule is O=C(CNS(=O)(=O)N1CCc2ccccc2C1)NC1CCCCC1. The molecule has 1 heterocycles. The molecule has 1 aliphatic carbocycles. The summed E-state index contributed by atoms with van der Waals surface area (Å²) in [7, 11) is -3.64. The van der Waals surface area contributed by atoms with Gasteiger partial charge in [-0.2, -0.15) is 17.4 Å². The van der Waals surface area contributed by atoms with Crippen molar-refractivity contribution in [3.63, 3.8) is 0 Å². The molecule has 0 spiro atoms. The molecule has 1 aromatic carbocycles. The summed E-state index contributed by atoms with van der Waals surface area (Å²) in [6.07, 6.45) is 6.15. The van der Waals surface area contributed by atoms with E-state index in [0.29, 0.717) is 19.5 Å². The average molecular weight is 351 g/mol. The molecule has 0 saturated heterocycles. The van der Waals surface area contributed by atoms with Crippen LogP contribution in [0.2, 0.25) is 0 Å². The van der Waals surface area contributed by atoms with E-state index >= 15 is 0 Å². The first-order valence-electron chi connectivity index (χ1n) is 8.65. The third-order valence-corrected chi connectivity index (χ3v) is 6.32. The Morgan fingerprint density at radius 2 is 1.83 bits per heavy atom. The molecule has 0 aromatic heterocycles. The van der Waals surface area contributed by atoms with Crippen LogP contribution >= 0.6 is 0 Å². The summed E-state index contributed by atoms with van der Waals surface area (Å²) in [5.41, 5.74) is 2.22. The van der Waals surface area contributed by atoms with E-state index in [4.69, 9.17) is 0 Å². The minimum atomic E-state index is -3.64. The number of nitrogens with one attached hydrogen (secondary N) is 2. The van der Waals surface area contributed by atoms with Crippen molar-refractivity contribution in [2.75, 3.05) is 13.1 Å². The van der Waals surface area contributed by atoms with Gasteiger partial charge in [0.2, 0.25) is 5.91 Å². The van der Waals surface area contributed by atoms with E-state index in [1.165, 1.54) is 16.3 Å². The van der Waals surface area contributed by atoms with Crippen LogP contribution in [0.4, 0.5) is 0 Å². The Balaban J connectivity index is 1.52. The molecule has 24 heavy (non-hydrogen) atoms. The standard InChI is InChI=1S/C17H25N3O3S/c21-17(19-16-8-2-1-3-9-16)12-18-24(22,23)20-11-10-14-6-4-5-7-15(14)13-20/h4-7,16,18H,1-3,8-13H2,(H,19,21). The van der Waals surface area contributed by atoms with E-state index in [0.717, 1.165) is 31.2 Å². The molecule has 7 heteroatoms. The maximum Gasteiger partial charge on any atom is 0.280 e. The number of nitrogens with zero attached hydrogens (tertiary/aromatic N) is 1. The molecule has 2 aliphatic rings. The van der Waals surface area contributed by atoms with E-state index < -0.39 is 10.2 Å². The van der Waals surface area contributed by atoms with Crippen LogP contribution in [0.25, 0.3) is 0 Å². The number of benzene rings is 1. The van der Waals surface area contributed by atoms with Gasteiger partial charge >= 0.3 is 0 Å². The van der Waals surface area contributed by atoms with Crippen LogP contribution in [0, 0.1) is 0 Å². The van der Waals surface area contributed by atoms with Crippen molar-refractivity contribution in [1.29, 1.82) is 0 Å². The van der Waals surface area contributed by atoms with Gasteiger partial charge in [0.1, 0.15) is 0 Å². The number of hydrogen-bond acceptors (Lipinski definition) is 3. The van der Waals surface area contributed by atoms with Gasteiger partial charge in [-0.1, -0.05) is 43.5 Å². The molecule has 0 atom stereocenters. The normalized spacial score (nSPS) is 19.7. The molecule has 1 fully saturated rings. The molecule has 1 saturated carbocycles. The van der Waals surface area contributed by atoms with Gasteiger partial charge < -0.3 is 5.32 Å². The summed E-state index contributed by atoms with van der Waals surface area (Å²) >= 11 is 0. The van der Waals surface area contributed by atoms with Gasteiger partial charge in [-0.3, -0.25) is 4.79 Å². The molecular formula is C17H25N3O3S. The van der Waals surface area contributed by atoms with Crippen LogP contribution in [0.3, 0.4) is 0 Å². The highest BCUT2D eigenvalue weighted by molar-refractivity contribution is 7.87. The third-order valence-electron chi connectivity index (χ3n) is 4.82. The number of carbonyl (C=O) groups is 1. The molecule has 1 amide bonds. The topological polar surface area (TPSA) is 78.5 Å². The van der Waals surface area contributed by atoms with Gasteiger partial charge in [-0.15, -0.1) is 0 Å². The minimum Gasteiger partial charge on any atom is -0.352 e. The Labute approximate surface area is 143 Å². The van der Waals surface area contributed by atoms with Crippen molar-refractivity contribution in [1.82, 2.24) is 14.3 Å². The van der Waals surface area contributed by atoms with Crippen molar-refractivity contribution < 1.29 is 13.2 Å². The molecule has 1 aromatic rings. The summed E-state index contributed by atoms with van der Waals surface area (Å²) in [6, 6.07) is 8.06. The predicted octanol–water partition coefficient (Wildman–Crippen LogP) is 1.33. The van der Waals surface area contributed by atoms with E-state index in [1.54, 1.807) is 0 Å². The van der Waals surface area contributed by atoms with Gasteiger partial charge in [0.15, 0.2) is 0 Å². The van der Waals surface area contributed by atoms with Crippen molar-refractivity contribution >= 4 is 16.1 Å². The molecule has 1 aliphatic heterocycles. The van der Waals surface area contributed by atoms with Crippen LogP contribution in [0.5, 0.6) is 0 Å². The average Bonchev–Trinajstić information content (AvgIpc) is 2.60. The summed E-state index contributed by atoms with van der Waals surface area (Å²) in [5, 5.41) is 2.93. The summed E-state index contributed by atoms with van der Waals surface area (Å²) < 4.78 is 28.7. The van der Waals surface area contributed by atoms with Gasteiger partial charge in [-0.05, 0) is 30.4 Å². The van der Waals surface area contributed by atoms with Crippen molar-refractivity contribution in [2.45, 2.75) is 51.1 Å². The third kappa shape index (κ3) is 4.34. The summed E-state index contributed by atoms with van der Waals surface area (Å²) in [5.74, 6) is -0.247. The smallest absolute Gasteiger partial charge is 0.280 e. The second-order valence-corrected chi connectivity index (χ2v) is 8.34. The van der Waals surface area contributed by atoms with E-state index in [2.05, 4.69) is 10.0 Å². The second kappa shape index (κ2) is 7.63. The summed E-state index contributed by atoms with van der Waals surface area (Å²) in [4.78, 5) is 12.0. The number of rotatable bonds is 5. The Morgan fingerprint density at radius 1 is 1.12 bits per heavy atom. The lowest BCUT2D eigenvalue weighted by molar-refractivity contribution is -0.120.